The third kappa shape index (κ3) is 4.29. The molecule has 0 spiro atoms. The number of aliphatic hydroxyl groups excluding tert-OH is 1. The van der Waals surface area contributed by atoms with Crippen molar-refractivity contribution in [1.82, 2.24) is 4.98 Å². The zero-order valence-electron chi connectivity index (χ0n) is 15.3. The van der Waals surface area contributed by atoms with Crippen LogP contribution in [0.2, 0.25) is 5.02 Å². The molecule has 0 aliphatic heterocycles. The summed E-state index contributed by atoms with van der Waals surface area (Å²) in [5, 5.41) is 9.28. The monoisotopic (exact) mass is 407 g/mol. The fraction of sp³-hybridized carbons (Fsp3) is 0.238. The molecule has 0 radical (unpaired) electrons. The van der Waals surface area contributed by atoms with Crippen LogP contribution >= 0.6 is 11.6 Å². The molecule has 7 heteroatoms. The predicted octanol–water partition coefficient (Wildman–Crippen LogP) is 5.13. The first-order valence-electron chi connectivity index (χ1n) is 8.75. The lowest BCUT2D eigenvalue weighted by molar-refractivity contribution is 0.281. The van der Waals surface area contributed by atoms with Crippen LogP contribution in [0.25, 0.3) is 11.3 Å². The number of halogens is 3. The molecule has 0 aliphatic rings. The van der Waals surface area contributed by atoms with E-state index in [0.717, 1.165) is 17.0 Å². The molecule has 1 heterocycles. The van der Waals surface area contributed by atoms with E-state index in [2.05, 4.69) is 4.98 Å². The first kappa shape index (κ1) is 20.2. The summed E-state index contributed by atoms with van der Waals surface area (Å²) >= 11 is 6.25. The van der Waals surface area contributed by atoms with Crippen LogP contribution in [-0.4, -0.2) is 23.8 Å². The smallest absolute Gasteiger partial charge is 0.200 e. The van der Waals surface area contributed by atoms with Crippen LogP contribution in [0, 0.1) is 11.6 Å². The second kappa shape index (κ2) is 9.08. The van der Waals surface area contributed by atoms with Crippen LogP contribution in [0.1, 0.15) is 17.5 Å². The number of aryl methyl sites for hydroxylation is 1. The summed E-state index contributed by atoms with van der Waals surface area (Å²) in [6, 6.07) is 10.2. The molecule has 2 aromatic carbocycles. The molecule has 3 aromatic rings. The van der Waals surface area contributed by atoms with Crippen LogP contribution in [0.15, 0.2) is 42.6 Å². The van der Waals surface area contributed by atoms with Crippen molar-refractivity contribution in [2.75, 3.05) is 13.7 Å². The molecule has 0 saturated heterocycles. The van der Waals surface area contributed by atoms with E-state index in [1.807, 2.05) is 24.3 Å². The Morgan fingerprint density at radius 2 is 1.82 bits per heavy atom. The number of H-pyrrole nitrogens is 1. The van der Waals surface area contributed by atoms with Crippen LogP contribution in [0.4, 0.5) is 8.78 Å². The van der Waals surface area contributed by atoms with Crippen LogP contribution in [0.5, 0.6) is 11.5 Å². The lowest BCUT2D eigenvalue weighted by atomic mass is 10.1. The summed E-state index contributed by atoms with van der Waals surface area (Å²) in [5.74, 6) is -1.48. The Morgan fingerprint density at radius 1 is 1.07 bits per heavy atom. The quantitative estimate of drug-likeness (QED) is 0.544. The Morgan fingerprint density at radius 3 is 2.50 bits per heavy atom. The molecule has 148 valence electrons. The number of methoxy groups -OCH3 is 1. The first-order chi connectivity index (χ1) is 13.5. The number of rotatable bonds is 8. The maximum Gasteiger partial charge on any atom is 0.200 e. The van der Waals surface area contributed by atoms with Crippen molar-refractivity contribution in [3.05, 3.63) is 70.4 Å². The molecule has 0 unspecified atom stereocenters. The number of benzene rings is 2. The van der Waals surface area contributed by atoms with E-state index in [-0.39, 0.29) is 30.9 Å². The maximum absolute atomic E-state index is 14.3. The Kier molecular flexibility index (Phi) is 6.54. The van der Waals surface area contributed by atoms with Crippen molar-refractivity contribution in [3.63, 3.8) is 0 Å². The van der Waals surface area contributed by atoms with Gasteiger partial charge in [0.2, 0.25) is 5.82 Å². The predicted molar refractivity (Wildman–Crippen MR) is 104 cm³/mol. The average Bonchev–Trinajstić information content (AvgIpc) is 3.09. The van der Waals surface area contributed by atoms with Crippen molar-refractivity contribution in [3.8, 4) is 22.8 Å². The van der Waals surface area contributed by atoms with Gasteiger partial charge in [0.25, 0.3) is 0 Å². The molecular weight excluding hydrogens is 388 g/mol. The van der Waals surface area contributed by atoms with E-state index in [4.69, 9.17) is 26.2 Å². The normalized spacial score (nSPS) is 10.9. The summed E-state index contributed by atoms with van der Waals surface area (Å²) < 4.78 is 39.1. The Hall–Kier alpha value is -2.57. The van der Waals surface area contributed by atoms with E-state index in [9.17, 15) is 8.78 Å². The number of aliphatic hydroxyl groups is 1. The molecule has 0 fully saturated rings. The molecule has 0 atom stereocenters. The minimum absolute atomic E-state index is 0.0317. The van der Waals surface area contributed by atoms with Gasteiger partial charge in [-0.2, -0.15) is 4.39 Å². The van der Waals surface area contributed by atoms with E-state index in [1.165, 1.54) is 12.1 Å². The highest BCUT2D eigenvalue weighted by Crippen LogP contribution is 2.32. The number of nitrogens with one attached hydrogen (secondary N) is 1. The fourth-order valence-corrected chi connectivity index (χ4v) is 3.08. The van der Waals surface area contributed by atoms with Crippen LogP contribution in [0.3, 0.4) is 0 Å². The molecule has 28 heavy (non-hydrogen) atoms. The summed E-state index contributed by atoms with van der Waals surface area (Å²) in [6.07, 6.45) is 2.24. The van der Waals surface area contributed by atoms with Gasteiger partial charge in [0.15, 0.2) is 11.6 Å². The lowest BCUT2D eigenvalue weighted by Gasteiger charge is -2.11. The zero-order chi connectivity index (χ0) is 20.1. The third-order valence-corrected chi connectivity index (χ3v) is 4.75. The third-order valence-electron chi connectivity index (χ3n) is 4.42. The highest BCUT2D eigenvalue weighted by molar-refractivity contribution is 6.31. The molecule has 3 rings (SSSR count). The van der Waals surface area contributed by atoms with Crippen LogP contribution < -0.4 is 9.47 Å². The number of aromatic nitrogens is 1. The Balaban J connectivity index is 1.80. The zero-order valence-corrected chi connectivity index (χ0v) is 16.0. The van der Waals surface area contributed by atoms with E-state index < -0.39 is 11.6 Å². The molecule has 0 aliphatic carbocycles. The number of hydrogen-bond acceptors (Lipinski definition) is 3. The maximum atomic E-state index is 14.3. The van der Waals surface area contributed by atoms with Crippen molar-refractivity contribution in [2.45, 2.75) is 19.4 Å². The molecule has 4 nitrogen and oxygen atoms in total. The Bertz CT molecular complexity index is 942. The summed E-state index contributed by atoms with van der Waals surface area (Å²) in [7, 11) is 1.59. The van der Waals surface area contributed by atoms with Gasteiger partial charge in [0, 0.05) is 18.4 Å². The highest BCUT2D eigenvalue weighted by Gasteiger charge is 2.17. The highest BCUT2D eigenvalue weighted by atomic mass is 35.5. The van der Waals surface area contributed by atoms with E-state index in [0.29, 0.717) is 17.0 Å². The van der Waals surface area contributed by atoms with Crippen molar-refractivity contribution < 1.29 is 23.4 Å². The van der Waals surface area contributed by atoms with Gasteiger partial charge in [-0.05, 0) is 54.3 Å². The van der Waals surface area contributed by atoms with Gasteiger partial charge in [-0.15, -0.1) is 0 Å². The summed E-state index contributed by atoms with van der Waals surface area (Å²) in [5.41, 5.74) is 2.43. The average molecular weight is 408 g/mol. The first-order valence-corrected chi connectivity index (χ1v) is 9.13. The topological polar surface area (TPSA) is 54.5 Å². The SMILES string of the molecule is COc1ccc(-c2[nH]cc(Cl)c2COc2ccc(CCCO)c(F)c2F)cc1. The van der Waals surface area contributed by atoms with Gasteiger partial charge < -0.3 is 19.6 Å². The van der Waals surface area contributed by atoms with Crippen molar-refractivity contribution in [2.24, 2.45) is 0 Å². The standard InChI is InChI=1S/C21H20ClF2NO3/c1-27-15-7-4-14(5-8-15)21-16(17(22)11-25-21)12-28-18-9-6-13(3-2-10-26)19(23)20(18)24/h4-9,11,25-26H,2-3,10,12H2,1H3. The van der Waals surface area contributed by atoms with Crippen LogP contribution in [-0.2, 0) is 13.0 Å². The second-order valence-electron chi connectivity index (χ2n) is 6.19. The van der Waals surface area contributed by atoms with Crippen molar-refractivity contribution >= 4 is 11.6 Å². The summed E-state index contributed by atoms with van der Waals surface area (Å²) in [6.45, 7) is -0.116. The molecule has 0 bridgehead atoms. The molecular formula is C21H20ClF2NO3. The van der Waals surface area contributed by atoms with Gasteiger partial charge in [-0.3, -0.25) is 0 Å². The van der Waals surface area contributed by atoms with E-state index >= 15 is 0 Å². The summed E-state index contributed by atoms with van der Waals surface area (Å²) in [4.78, 5) is 3.08. The van der Waals surface area contributed by atoms with Crippen molar-refractivity contribution in [1.29, 1.82) is 0 Å². The second-order valence-corrected chi connectivity index (χ2v) is 6.59. The number of hydrogen-bond donors (Lipinski definition) is 2. The minimum Gasteiger partial charge on any atom is -0.497 e. The van der Waals surface area contributed by atoms with Gasteiger partial charge >= 0.3 is 0 Å². The molecule has 0 amide bonds. The molecule has 0 saturated carbocycles. The lowest BCUT2D eigenvalue weighted by Crippen LogP contribution is -2.03. The molecule has 2 N–H and O–H groups in total. The van der Waals surface area contributed by atoms with Gasteiger partial charge in [0.05, 0.1) is 17.8 Å². The largest absolute Gasteiger partial charge is 0.497 e. The van der Waals surface area contributed by atoms with Gasteiger partial charge in [0.1, 0.15) is 12.4 Å². The number of aromatic amines is 1. The minimum atomic E-state index is -1.05. The molecule has 1 aromatic heterocycles. The van der Waals surface area contributed by atoms with Gasteiger partial charge in [-0.1, -0.05) is 17.7 Å². The Labute approximate surface area is 166 Å². The van der Waals surface area contributed by atoms with Gasteiger partial charge in [-0.25, -0.2) is 4.39 Å². The fourth-order valence-electron chi connectivity index (χ4n) is 2.88. The van der Waals surface area contributed by atoms with E-state index in [1.54, 1.807) is 13.3 Å². The number of ether oxygens (including phenoxy) is 2.